The van der Waals surface area contributed by atoms with Gasteiger partial charge in [-0.05, 0) is 62.4 Å². The average Bonchev–Trinajstić information content (AvgIpc) is 2.56. The lowest BCUT2D eigenvalue weighted by molar-refractivity contribution is -0.161. The number of carbonyl (C=O) groups excluding carboxylic acids is 2. The predicted octanol–water partition coefficient (Wildman–Crippen LogP) is 4.06. The molecule has 0 aromatic heterocycles. The molecule has 0 N–H and O–H groups in total. The van der Waals surface area contributed by atoms with Crippen LogP contribution < -0.4 is 0 Å². The van der Waals surface area contributed by atoms with Gasteiger partial charge in [-0.25, -0.2) is 0 Å². The molecule has 0 spiro atoms. The van der Waals surface area contributed by atoms with Crippen LogP contribution in [-0.2, 0) is 14.3 Å². The molecule has 1 unspecified atom stereocenters. The Balaban J connectivity index is 1.91. The summed E-state index contributed by atoms with van der Waals surface area (Å²) in [5.41, 5.74) is 1.11. The molecule has 0 bridgehead atoms. The molecule has 0 amide bonds. The monoisotopic (exact) mass is 343 g/mol. The highest BCUT2D eigenvalue weighted by atomic mass is 16.5. The third kappa shape index (κ3) is 3.03. The fraction of sp³-hybridized carbons (Fsp3) is 0.762. The van der Waals surface area contributed by atoms with E-state index in [1.165, 1.54) is 12.5 Å². The molecule has 0 aromatic carbocycles. The molecule has 3 rings (SSSR count). The Labute approximate surface area is 150 Å². The number of fused-ring (bicyclic) bond motifs is 3. The summed E-state index contributed by atoms with van der Waals surface area (Å²) in [7, 11) is 0. The fourth-order valence-corrected chi connectivity index (χ4v) is 5.87. The molecule has 2 saturated carbocycles. The first-order valence-electron chi connectivity index (χ1n) is 9.58. The lowest BCUT2D eigenvalue weighted by Gasteiger charge is -2.56. The van der Waals surface area contributed by atoms with Crippen LogP contribution in [0.2, 0.25) is 0 Å². The number of nitriles is 1. The number of esters is 1. The molecule has 3 aliphatic carbocycles. The Kier molecular flexibility index (Phi) is 4.79. The van der Waals surface area contributed by atoms with Crippen LogP contribution in [0.4, 0.5) is 0 Å². The van der Waals surface area contributed by atoms with Gasteiger partial charge in [0.25, 0.3) is 0 Å². The number of ketones is 1. The summed E-state index contributed by atoms with van der Waals surface area (Å²) in [6.45, 7) is 7.91. The SMILES string of the molecule is CC(=O)O[C@@H](C)[C@@]1(C)CC[C@H]2[C@H](C1C)[C@H](C#N)CC1=CC(=O)CC[C@@H]12. The van der Waals surface area contributed by atoms with E-state index in [9.17, 15) is 14.9 Å². The number of hydrogen-bond donors (Lipinski definition) is 0. The molecule has 0 aromatic rings. The Hall–Kier alpha value is -1.63. The van der Waals surface area contributed by atoms with Crippen molar-refractivity contribution in [1.82, 2.24) is 0 Å². The molecule has 0 saturated heterocycles. The normalized spacial score (nSPS) is 41.6. The standard InChI is InChI=1S/C21H29NO3/c1-12-20-16(11-22)9-15-10-17(24)5-6-18(15)19(20)7-8-21(12,4)13(2)25-14(3)23/h10,12-13,16,18-20H,5-9H2,1-4H3/t12?,13-,16-,18-,19+,20+,21-/m0/s1. The van der Waals surface area contributed by atoms with E-state index in [-0.39, 0.29) is 29.2 Å². The minimum atomic E-state index is -0.237. The minimum absolute atomic E-state index is 0.0439. The van der Waals surface area contributed by atoms with Crippen molar-refractivity contribution in [2.24, 2.45) is 35.0 Å². The number of allylic oxidation sites excluding steroid dienone is 2. The maximum atomic E-state index is 11.8. The highest BCUT2D eigenvalue weighted by Gasteiger charge is 2.54. The zero-order valence-electron chi connectivity index (χ0n) is 15.7. The lowest BCUT2D eigenvalue weighted by Crippen LogP contribution is -2.53. The Morgan fingerprint density at radius 1 is 1.44 bits per heavy atom. The van der Waals surface area contributed by atoms with Gasteiger partial charge in [-0.15, -0.1) is 0 Å². The first-order chi connectivity index (χ1) is 11.8. The lowest BCUT2D eigenvalue weighted by atomic mass is 9.48. The molecular weight excluding hydrogens is 314 g/mol. The average molecular weight is 343 g/mol. The summed E-state index contributed by atoms with van der Waals surface area (Å²) >= 11 is 0. The van der Waals surface area contributed by atoms with Crippen molar-refractivity contribution in [3.05, 3.63) is 11.6 Å². The number of rotatable bonds is 2. The van der Waals surface area contributed by atoms with Gasteiger partial charge in [0, 0.05) is 18.8 Å². The van der Waals surface area contributed by atoms with E-state index in [1.807, 2.05) is 13.0 Å². The van der Waals surface area contributed by atoms with Gasteiger partial charge in [-0.3, -0.25) is 9.59 Å². The zero-order valence-corrected chi connectivity index (χ0v) is 15.7. The van der Waals surface area contributed by atoms with Crippen LogP contribution in [0, 0.1) is 46.3 Å². The molecule has 4 nitrogen and oxygen atoms in total. The van der Waals surface area contributed by atoms with E-state index in [4.69, 9.17) is 4.74 Å². The fourth-order valence-electron chi connectivity index (χ4n) is 5.87. The summed E-state index contributed by atoms with van der Waals surface area (Å²) in [6, 6.07) is 2.54. The first kappa shape index (κ1) is 18.2. The quantitative estimate of drug-likeness (QED) is 0.709. The third-order valence-corrected chi connectivity index (χ3v) is 7.53. The summed E-state index contributed by atoms with van der Waals surface area (Å²) in [5, 5.41) is 9.81. The number of ether oxygens (including phenoxy) is 1. The van der Waals surface area contributed by atoms with Crippen molar-refractivity contribution >= 4 is 11.8 Å². The van der Waals surface area contributed by atoms with Crippen molar-refractivity contribution in [3.63, 3.8) is 0 Å². The summed E-state index contributed by atoms with van der Waals surface area (Å²) in [6.07, 6.45) is 6.04. The first-order valence-corrected chi connectivity index (χ1v) is 9.58. The van der Waals surface area contributed by atoms with E-state index in [0.717, 1.165) is 25.7 Å². The highest BCUT2D eigenvalue weighted by molar-refractivity contribution is 5.91. The van der Waals surface area contributed by atoms with E-state index in [2.05, 4.69) is 19.9 Å². The number of carbonyl (C=O) groups is 2. The van der Waals surface area contributed by atoms with Crippen molar-refractivity contribution in [2.75, 3.05) is 0 Å². The molecule has 7 atom stereocenters. The van der Waals surface area contributed by atoms with Gasteiger partial charge in [0.1, 0.15) is 6.10 Å². The predicted molar refractivity (Wildman–Crippen MR) is 94.2 cm³/mol. The maximum absolute atomic E-state index is 11.8. The Bertz CT molecular complexity index is 646. The second-order valence-corrected chi connectivity index (χ2v) is 8.60. The molecule has 2 fully saturated rings. The molecule has 3 aliphatic rings. The van der Waals surface area contributed by atoms with Crippen LogP contribution in [0.25, 0.3) is 0 Å². The smallest absolute Gasteiger partial charge is 0.302 e. The van der Waals surface area contributed by atoms with Gasteiger partial charge in [0.05, 0.1) is 12.0 Å². The summed E-state index contributed by atoms with van der Waals surface area (Å²) < 4.78 is 5.55. The zero-order chi connectivity index (χ0) is 18.4. The van der Waals surface area contributed by atoms with Crippen molar-refractivity contribution < 1.29 is 14.3 Å². The maximum Gasteiger partial charge on any atom is 0.302 e. The molecule has 25 heavy (non-hydrogen) atoms. The van der Waals surface area contributed by atoms with Gasteiger partial charge in [-0.1, -0.05) is 19.4 Å². The number of hydrogen-bond acceptors (Lipinski definition) is 4. The molecule has 4 heteroatoms. The van der Waals surface area contributed by atoms with Crippen LogP contribution in [-0.4, -0.2) is 17.9 Å². The van der Waals surface area contributed by atoms with Gasteiger partial charge >= 0.3 is 5.97 Å². The van der Waals surface area contributed by atoms with E-state index in [1.54, 1.807) is 0 Å². The Morgan fingerprint density at radius 2 is 2.16 bits per heavy atom. The summed E-state index contributed by atoms with van der Waals surface area (Å²) in [4.78, 5) is 23.3. The largest absolute Gasteiger partial charge is 0.462 e. The second kappa shape index (κ2) is 6.59. The van der Waals surface area contributed by atoms with Crippen LogP contribution in [0.1, 0.15) is 59.8 Å². The van der Waals surface area contributed by atoms with Gasteiger partial charge in [0.15, 0.2) is 5.78 Å². The molecule has 136 valence electrons. The molecule has 0 aliphatic heterocycles. The van der Waals surface area contributed by atoms with Crippen LogP contribution in [0.15, 0.2) is 11.6 Å². The van der Waals surface area contributed by atoms with Crippen LogP contribution in [0.5, 0.6) is 0 Å². The number of nitrogens with zero attached hydrogens (tertiary/aromatic N) is 1. The Morgan fingerprint density at radius 3 is 2.80 bits per heavy atom. The van der Waals surface area contributed by atoms with Gasteiger partial charge in [-0.2, -0.15) is 5.26 Å². The van der Waals surface area contributed by atoms with E-state index < -0.39 is 0 Å². The second-order valence-electron chi connectivity index (χ2n) is 8.60. The topological polar surface area (TPSA) is 67.2 Å². The highest BCUT2D eigenvalue weighted by Crippen LogP contribution is 2.59. The van der Waals surface area contributed by atoms with Crippen LogP contribution >= 0.6 is 0 Å². The van der Waals surface area contributed by atoms with Gasteiger partial charge in [0.2, 0.25) is 0 Å². The van der Waals surface area contributed by atoms with E-state index >= 15 is 0 Å². The van der Waals surface area contributed by atoms with Crippen LogP contribution in [0.3, 0.4) is 0 Å². The van der Waals surface area contributed by atoms with Crippen molar-refractivity contribution in [3.8, 4) is 6.07 Å². The molecular formula is C21H29NO3. The minimum Gasteiger partial charge on any atom is -0.462 e. The third-order valence-electron chi connectivity index (χ3n) is 7.53. The molecule has 0 radical (unpaired) electrons. The van der Waals surface area contributed by atoms with E-state index in [0.29, 0.717) is 30.1 Å². The molecule has 0 heterocycles. The van der Waals surface area contributed by atoms with Crippen molar-refractivity contribution in [2.45, 2.75) is 65.9 Å². The van der Waals surface area contributed by atoms with Gasteiger partial charge < -0.3 is 4.74 Å². The van der Waals surface area contributed by atoms with Crippen molar-refractivity contribution in [1.29, 1.82) is 5.26 Å². The summed E-state index contributed by atoms with van der Waals surface area (Å²) in [5.74, 6) is 1.51.